The van der Waals surface area contributed by atoms with Crippen LogP contribution in [-0.4, -0.2) is 172 Å². The van der Waals surface area contributed by atoms with Crippen molar-refractivity contribution in [1.82, 2.24) is 21.3 Å². The molecule has 6 aliphatic heterocycles. The number of phenolic OH excluding ortho intramolecular Hbond substituents is 3. The van der Waals surface area contributed by atoms with E-state index in [1.54, 1.807) is 6.92 Å². The Morgan fingerprint density at radius 3 is 1.96 bits per heavy atom. The van der Waals surface area contributed by atoms with E-state index < -0.39 is 239 Å². The van der Waals surface area contributed by atoms with Crippen LogP contribution in [0.2, 0.25) is 10.0 Å². The van der Waals surface area contributed by atoms with Gasteiger partial charge in [0.05, 0.1) is 76.8 Å². The Labute approximate surface area is 588 Å². The van der Waals surface area contributed by atoms with Crippen LogP contribution in [0.4, 0.5) is 0 Å². The quantitative estimate of drug-likeness (QED) is 0.0751. The van der Waals surface area contributed by atoms with Crippen LogP contribution in [0.5, 0.6) is 46.0 Å². The third-order valence-electron chi connectivity index (χ3n) is 19.2. The number of ketones is 3. The van der Waals surface area contributed by atoms with Crippen LogP contribution in [0.1, 0.15) is 131 Å². The number of fused-ring (bicyclic) bond motifs is 15. The molecule has 2 fully saturated rings. The number of nitrogens with two attached hydrogens (primary N) is 2. The molecule has 7 aliphatic rings. The highest BCUT2D eigenvalue weighted by Gasteiger charge is 2.51. The molecule has 5 aromatic rings. The SMILES string of the molecule is CN[C@H](CC(C)C)C(=O)C[C@H]1C(=O)N[C@@H](CC(N)=O)C(=O)C[C@H]2C(=O)N[C@H]3C(=O)C[C@H](C(=O)N[C@H](C(=O)O)c4cc(O)cc(O)c4-c4cc3ccc4O)[C@H](O)c3ccc(c(Cl)c3)Oc3cc2cc(c3O[C@@H]2C[C@H](CO)[C@@H](O)[C@H](O)[C@H]2O[C@H]2C[C@](C)(N)[C@H](O)[C@H](C)O2)Oc2ccc(cc2Cl)[C@H]1O. The van der Waals surface area contributed by atoms with Crippen LogP contribution in [-0.2, 0) is 47.8 Å². The third kappa shape index (κ3) is 16.1. The van der Waals surface area contributed by atoms with Crippen molar-refractivity contribution in [3.63, 3.8) is 0 Å². The lowest BCUT2D eigenvalue weighted by atomic mass is 9.80. The number of benzene rings is 5. The van der Waals surface area contributed by atoms with Crippen molar-refractivity contribution in [3.8, 4) is 57.1 Å². The second kappa shape index (κ2) is 30.6. The maximum absolute atomic E-state index is 16.1. The number of aromatic hydroxyl groups is 3. The maximum Gasteiger partial charge on any atom is 0.330 e. The van der Waals surface area contributed by atoms with Crippen molar-refractivity contribution in [2.75, 3.05) is 13.7 Å². The number of rotatable bonds is 14. The first-order chi connectivity index (χ1) is 47.7. The number of Topliss-reactive ketones (excluding diaryl/α,β-unsaturated/α-hetero) is 3. The van der Waals surface area contributed by atoms with E-state index in [4.69, 9.17) is 58.4 Å². The number of aliphatic carboxylic acids is 1. The van der Waals surface area contributed by atoms with Gasteiger partial charge in [-0.2, -0.15) is 0 Å². The van der Waals surface area contributed by atoms with Crippen molar-refractivity contribution in [1.29, 1.82) is 0 Å². The van der Waals surface area contributed by atoms with Gasteiger partial charge >= 0.3 is 5.97 Å². The number of carbonyl (C=O) groups excluding carboxylic acids is 7. The molecule has 18 atom stereocenters. The summed E-state index contributed by atoms with van der Waals surface area (Å²) in [6.07, 6.45) is -18.1. The summed E-state index contributed by atoms with van der Waals surface area (Å²) in [6, 6.07) is 7.61. The number of hydrogen-bond acceptors (Lipinski definition) is 24. The fourth-order valence-corrected chi connectivity index (χ4v) is 14.2. The molecule has 0 aromatic heterocycles. The van der Waals surface area contributed by atoms with Gasteiger partial charge in [-0.1, -0.05) is 55.2 Å². The van der Waals surface area contributed by atoms with Crippen LogP contribution in [0, 0.1) is 23.7 Å². The van der Waals surface area contributed by atoms with Gasteiger partial charge in [-0.3, -0.25) is 33.6 Å². The Morgan fingerprint density at radius 1 is 0.743 bits per heavy atom. The fraction of sp³-hybridized carbons (Fsp3) is 0.457. The lowest BCUT2D eigenvalue weighted by Gasteiger charge is -2.47. The number of hydrogen-bond donors (Lipinski definition) is 16. The van der Waals surface area contributed by atoms with E-state index in [9.17, 15) is 75.0 Å². The minimum absolute atomic E-state index is 0.0389. The molecule has 4 amide bonds. The molecule has 1 aliphatic carbocycles. The Kier molecular flexibility index (Phi) is 22.7. The standard InChI is InChI=1S/C70H80Cl2N6O23/c1-27(2)12-42(75-5)45(82)22-38-59(87)30-7-10-49(40(71)14-30)98-51-16-32-17-52(63(51)100-53-18-33(26-79)61(89)62(90)64(53)101-55-25-70(4,74)65(91)28(3)97-55)99-50-11-8-31(15-41(50)72)60(88)39-23-48(85)57(77-66(92)35(32)21-46(83)43(24-54(73)86)76-67(38)93)29-6-9-44(81)36(13-29)56-37(19-34(80)20-47(56)84)58(69(95)96)78-68(39)94/h6-11,13-17,19-20,27-28,33,35,38-39,42-43,53,55,57-62,64-65,75,79-81,84,87-91H,12,18,21-26,74H2,1-5H3,(H2,73,86)(H,76,93)(H,77,92)(H,78,94)(H,95,96)/t28-,33+,35+,38+,39-,42+,43-,53+,55-,57+,58-,59+,60+,61+,62-,64-,65+,70-/m0/s1. The second-order valence-corrected chi connectivity index (χ2v) is 27.9. The van der Waals surface area contributed by atoms with E-state index in [-0.39, 0.29) is 62.6 Å². The number of carboxylic acid groups (broad SMARTS) is 1. The number of carbonyl (C=O) groups is 8. The normalized spacial score (nSPS) is 29.6. The van der Waals surface area contributed by atoms with E-state index >= 15 is 14.4 Å². The molecule has 6 heterocycles. The number of nitrogens with one attached hydrogen (secondary N) is 4. The summed E-state index contributed by atoms with van der Waals surface area (Å²) in [7, 11) is 1.53. The van der Waals surface area contributed by atoms with Gasteiger partial charge in [0.1, 0.15) is 53.1 Å². The van der Waals surface area contributed by atoms with E-state index in [2.05, 4.69) is 21.3 Å². The average Bonchev–Trinajstić information content (AvgIpc) is 0.775. The summed E-state index contributed by atoms with van der Waals surface area (Å²) in [5.74, 6) is -20.6. The molecule has 5 aromatic carbocycles. The molecule has 1 saturated carbocycles. The van der Waals surface area contributed by atoms with Gasteiger partial charge in [0.25, 0.3) is 0 Å². The molecule has 101 heavy (non-hydrogen) atoms. The van der Waals surface area contributed by atoms with E-state index in [0.29, 0.717) is 6.42 Å². The molecule has 0 radical (unpaired) electrons. The van der Waals surface area contributed by atoms with Crippen molar-refractivity contribution in [2.24, 2.45) is 35.1 Å². The molecule has 29 nitrogen and oxygen atoms in total. The lowest BCUT2D eigenvalue weighted by Crippen LogP contribution is -2.63. The maximum atomic E-state index is 16.1. The molecule has 542 valence electrons. The largest absolute Gasteiger partial charge is 0.508 e. The Balaban J connectivity index is 1.24. The van der Waals surface area contributed by atoms with Gasteiger partial charge in [0.2, 0.25) is 29.4 Å². The Hall–Kier alpha value is -8.56. The van der Waals surface area contributed by atoms with E-state index in [1.165, 1.54) is 56.4 Å². The van der Waals surface area contributed by atoms with Crippen molar-refractivity contribution in [3.05, 3.63) is 117 Å². The number of amides is 4. The molecular weight excluding hydrogens is 1360 g/mol. The van der Waals surface area contributed by atoms with Crippen LogP contribution < -0.4 is 46.9 Å². The van der Waals surface area contributed by atoms with Crippen molar-refractivity contribution >= 4 is 70.1 Å². The van der Waals surface area contributed by atoms with Crippen LogP contribution in [0.15, 0.2) is 78.9 Å². The molecule has 12 rings (SSSR count). The average molecular weight is 1440 g/mol. The molecule has 31 heteroatoms. The van der Waals surface area contributed by atoms with Crippen LogP contribution >= 0.6 is 23.2 Å². The topological polar surface area (TPSA) is 485 Å². The molecule has 1 saturated heterocycles. The molecule has 11 bridgehead atoms. The second-order valence-electron chi connectivity index (χ2n) is 27.1. The number of likely N-dealkylation sites (N-methyl/N-ethyl adjacent to an activating group) is 1. The zero-order valence-electron chi connectivity index (χ0n) is 55.2. The lowest BCUT2D eigenvalue weighted by molar-refractivity contribution is -0.286. The summed E-state index contributed by atoms with van der Waals surface area (Å²) >= 11 is 14.2. The fourth-order valence-electron chi connectivity index (χ4n) is 13.8. The van der Waals surface area contributed by atoms with Gasteiger partial charge in [0.15, 0.2) is 41.2 Å². The summed E-state index contributed by atoms with van der Waals surface area (Å²) < 4.78 is 32.8. The molecular formula is C70H80Cl2N6O23. The van der Waals surface area contributed by atoms with Gasteiger partial charge < -0.3 is 107 Å². The Morgan fingerprint density at radius 2 is 1.38 bits per heavy atom. The number of ether oxygens (including phenoxy) is 5. The minimum atomic E-state index is -2.19. The highest BCUT2D eigenvalue weighted by atomic mass is 35.5. The van der Waals surface area contributed by atoms with Crippen molar-refractivity contribution < 1.29 is 113 Å². The highest BCUT2D eigenvalue weighted by Crippen LogP contribution is 2.51. The summed E-state index contributed by atoms with van der Waals surface area (Å²) in [5, 5.41) is 125. The van der Waals surface area contributed by atoms with Gasteiger partial charge in [-0.05, 0) is 117 Å². The first-order valence-corrected chi connectivity index (χ1v) is 33.4. The predicted octanol–water partition coefficient (Wildman–Crippen LogP) is 3.84. The number of primary amides is 1. The van der Waals surface area contributed by atoms with Gasteiger partial charge in [0, 0.05) is 66.5 Å². The number of phenols is 3. The number of aliphatic hydroxyl groups excluding tert-OH is 6. The minimum Gasteiger partial charge on any atom is -0.508 e. The summed E-state index contributed by atoms with van der Waals surface area (Å²) in [6.45, 7) is 6.07. The molecule has 0 spiro atoms. The predicted molar refractivity (Wildman–Crippen MR) is 356 cm³/mol. The smallest absolute Gasteiger partial charge is 0.330 e. The molecule has 18 N–H and O–H groups in total. The van der Waals surface area contributed by atoms with E-state index in [1.807, 2.05) is 13.8 Å². The van der Waals surface area contributed by atoms with Gasteiger partial charge in [-0.25, -0.2) is 4.79 Å². The monoisotopic (exact) mass is 1440 g/mol. The molecule has 0 unspecified atom stereocenters. The zero-order chi connectivity index (χ0) is 73.5. The number of halogens is 2. The summed E-state index contributed by atoms with van der Waals surface area (Å²) in [4.78, 5) is 118. The third-order valence-corrected chi connectivity index (χ3v) is 19.8. The van der Waals surface area contributed by atoms with E-state index in [0.717, 1.165) is 36.4 Å². The van der Waals surface area contributed by atoms with Crippen LogP contribution in [0.3, 0.4) is 0 Å². The Bertz CT molecular complexity index is 4060. The zero-order valence-corrected chi connectivity index (χ0v) is 56.8. The first-order valence-electron chi connectivity index (χ1n) is 32.6. The van der Waals surface area contributed by atoms with Crippen molar-refractivity contribution in [2.45, 2.75) is 163 Å². The van der Waals surface area contributed by atoms with Gasteiger partial charge in [-0.15, -0.1) is 0 Å². The number of carboxylic acids is 1. The van der Waals surface area contributed by atoms with Crippen LogP contribution in [0.25, 0.3) is 11.1 Å². The first kappa shape index (κ1) is 75.1. The number of aliphatic hydroxyl groups is 6. The summed E-state index contributed by atoms with van der Waals surface area (Å²) in [5.41, 5.74) is 8.81. The highest BCUT2D eigenvalue weighted by molar-refractivity contribution is 6.32.